The van der Waals surface area contributed by atoms with Gasteiger partial charge in [0.1, 0.15) is 0 Å². The molecule has 1 saturated heterocycles. The zero-order valence-electron chi connectivity index (χ0n) is 9.85. The van der Waals surface area contributed by atoms with E-state index >= 15 is 0 Å². The molecule has 2 rings (SSSR count). The van der Waals surface area contributed by atoms with Crippen molar-refractivity contribution in [3.8, 4) is 0 Å². The Hall–Kier alpha value is -1.62. The topological polar surface area (TPSA) is 79.2 Å². The molecule has 0 spiro atoms. The Balaban J connectivity index is 2.17. The number of piperidine rings is 1. The molecule has 1 aliphatic rings. The van der Waals surface area contributed by atoms with Gasteiger partial charge in [-0.15, -0.1) is 0 Å². The number of pyridine rings is 1. The zero-order valence-corrected chi connectivity index (χ0v) is 9.85. The second-order valence-corrected chi connectivity index (χ2v) is 4.75. The van der Waals surface area contributed by atoms with E-state index in [9.17, 15) is 9.59 Å². The van der Waals surface area contributed by atoms with E-state index in [1.54, 1.807) is 11.0 Å². The molecule has 5 heteroatoms. The predicted molar refractivity (Wildman–Crippen MR) is 64.7 cm³/mol. The van der Waals surface area contributed by atoms with Crippen LogP contribution >= 0.6 is 0 Å². The molecular formula is C12H17N3O2. The fraction of sp³-hybridized carbons (Fsp3) is 0.500. The van der Waals surface area contributed by atoms with Crippen LogP contribution in [0.3, 0.4) is 0 Å². The summed E-state index contributed by atoms with van der Waals surface area (Å²) in [6.07, 6.45) is 2.43. The number of nitrogens with zero attached hydrogens (tertiary/aromatic N) is 1. The number of hydrogen-bond donors (Lipinski definition) is 2. The normalized spacial score (nSPS) is 24.7. The fourth-order valence-electron chi connectivity index (χ4n) is 2.33. The summed E-state index contributed by atoms with van der Waals surface area (Å²) in [6, 6.07) is 2.98. The molecule has 0 saturated carbocycles. The van der Waals surface area contributed by atoms with Crippen molar-refractivity contribution in [2.45, 2.75) is 19.4 Å². The van der Waals surface area contributed by atoms with Crippen molar-refractivity contribution in [2.24, 2.45) is 11.7 Å². The van der Waals surface area contributed by atoms with Crippen LogP contribution in [0.25, 0.3) is 0 Å². The molecule has 2 unspecified atom stereocenters. The van der Waals surface area contributed by atoms with Gasteiger partial charge in [-0.25, -0.2) is 0 Å². The van der Waals surface area contributed by atoms with Crippen molar-refractivity contribution >= 4 is 5.91 Å². The van der Waals surface area contributed by atoms with Crippen molar-refractivity contribution in [1.82, 2.24) is 9.88 Å². The van der Waals surface area contributed by atoms with E-state index in [2.05, 4.69) is 11.9 Å². The SMILES string of the molecule is CC1CC(N)CN(C(=O)c2cc[nH]c(=O)c2)C1. The second-order valence-electron chi connectivity index (χ2n) is 4.75. The highest BCUT2D eigenvalue weighted by Crippen LogP contribution is 2.16. The smallest absolute Gasteiger partial charge is 0.254 e. The van der Waals surface area contributed by atoms with Crippen LogP contribution < -0.4 is 11.3 Å². The van der Waals surface area contributed by atoms with Gasteiger partial charge in [-0.2, -0.15) is 0 Å². The lowest BCUT2D eigenvalue weighted by Crippen LogP contribution is -2.48. The second kappa shape index (κ2) is 4.71. The molecule has 2 atom stereocenters. The van der Waals surface area contributed by atoms with Gasteiger partial charge in [0.05, 0.1) is 0 Å². The van der Waals surface area contributed by atoms with Crippen LogP contribution in [0.2, 0.25) is 0 Å². The minimum Gasteiger partial charge on any atom is -0.337 e. The number of aromatic amines is 1. The lowest BCUT2D eigenvalue weighted by Gasteiger charge is -2.34. The van der Waals surface area contributed by atoms with Gasteiger partial charge in [-0.1, -0.05) is 6.92 Å². The van der Waals surface area contributed by atoms with Crippen LogP contribution in [-0.4, -0.2) is 34.9 Å². The first kappa shape index (κ1) is 11.9. The van der Waals surface area contributed by atoms with Gasteiger partial charge in [0.25, 0.3) is 5.91 Å². The van der Waals surface area contributed by atoms with Gasteiger partial charge >= 0.3 is 0 Å². The maximum absolute atomic E-state index is 12.2. The van der Waals surface area contributed by atoms with Crippen LogP contribution in [0.15, 0.2) is 23.1 Å². The summed E-state index contributed by atoms with van der Waals surface area (Å²) in [4.78, 5) is 27.5. The standard InChI is InChI=1S/C12H17N3O2/c1-8-4-10(13)7-15(6-8)12(17)9-2-3-14-11(16)5-9/h2-3,5,8,10H,4,6-7,13H2,1H3,(H,14,16). The number of H-pyrrole nitrogens is 1. The number of aromatic nitrogens is 1. The first-order chi connectivity index (χ1) is 8.06. The van der Waals surface area contributed by atoms with Gasteiger partial charge in [0.15, 0.2) is 0 Å². The first-order valence-corrected chi connectivity index (χ1v) is 5.80. The van der Waals surface area contributed by atoms with Crippen LogP contribution in [0.4, 0.5) is 0 Å². The molecule has 3 N–H and O–H groups in total. The molecular weight excluding hydrogens is 218 g/mol. The summed E-state index contributed by atoms with van der Waals surface area (Å²) in [7, 11) is 0. The van der Waals surface area contributed by atoms with Gasteiger partial charge in [0.2, 0.25) is 5.56 Å². The molecule has 0 aliphatic carbocycles. The number of rotatable bonds is 1. The van der Waals surface area contributed by atoms with E-state index in [1.165, 1.54) is 12.3 Å². The Morgan fingerprint density at radius 3 is 2.94 bits per heavy atom. The Morgan fingerprint density at radius 2 is 2.29 bits per heavy atom. The number of nitrogens with two attached hydrogens (primary N) is 1. The van der Waals surface area contributed by atoms with Gasteiger partial charge in [-0.05, 0) is 18.4 Å². The van der Waals surface area contributed by atoms with Gasteiger partial charge in [0, 0.05) is 37.0 Å². The number of carbonyl (C=O) groups excluding carboxylic acids is 1. The Bertz CT molecular complexity index is 459. The minimum absolute atomic E-state index is 0.0321. The van der Waals surface area contributed by atoms with Crippen molar-refractivity contribution < 1.29 is 4.79 Å². The van der Waals surface area contributed by atoms with Crippen LogP contribution in [0.5, 0.6) is 0 Å². The van der Waals surface area contributed by atoms with E-state index < -0.39 is 0 Å². The largest absolute Gasteiger partial charge is 0.337 e. The summed E-state index contributed by atoms with van der Waals surface area (Å²) < 4.78 is 0. The molecule has 5 nitrogen and oxygen atoms in total. The maximum Gasteiger partial charge on any atom is 0.254 e. The third-order valence-electron chi connectivity index (χ3n) is 3.00. The molecule has 92 valence electrons. The number of amides is 1. The maximum atomic E-state index is 12.2. The molecule has 17 heavy (non-hydrogen) atoms. The highest BCUT2D eigenvalue weighted by molar-refractivity contribution is 5.94. The summed E-state index contributed by atoms with van der Waals surface area (Å²) in [5, 5.41) is 0. The van der Waals surface area contributed by atoms with Crippen molar-refractivity contribution in [3.05, 3.63) is 34.2 Å². The van der Waals surface area contributed by atoms with E-state index in [0.717, 1.165) is 6.42 Å². The molecule has 1 aliphatic heterocycles. The molecule has 1 fully saturated rings. The molecule has 0 aromatic carbocycles. The Morgan fingerprint density at radius 1 is 1.53 bits per heavy atom. The lowest BCUT2D eigenvalue weighted by atomic mass is 9.96. The van der Waals surface area contributed by atoms with Crippen molar-refractivity contribution in [1.29, 1.82) is 0 Å². The summed E-state index contributed by atoms with van der Waals surface area (Å²) >= 11 is 0. The summed E-state index contributed by atoms with van der Waals surface area (Å²) in [6.45, 7) is 3.35. The minimum atomic E-state index is -0.259. The number of carbonyl (C=O) groups is 1. The van der Waals surface area contributed by atoms with E-state index in [0.29, 0.717) is 24.6 Å². The summed E-state index contributed by atoms with van der Waals surface area (Å²) in [5.41, 5.74) is 6.07. The Kier molecular flexibility index (Phi) is 3.28. The lowest BCUT2D eigenvalue weighted by molar-refractivity contribution is 0.0660. The highest BCUT2D eigenvalue weighted by Gasteiger charge is 2.26. The molecule has 0 radical (unpaired) electrons. The van der Waals surface area contributed by atoms with Crippen LogP contribution in [0, 0.1) is 5.92 Å². The van der Waals surface area contributed by atoms with Crippen LogP contribution in [-0.2, 0) is 0 Å². The van der Waals surface area contributed by atoms with E-state index in [4.69, 9.17) is 5.73 Å². The fourth-order valence-corrected chi connectivity index (χ4v) is 2.33. The van der Waals surface area contributed by atoms with E-state index in [-0.39, 0.29) is 17.5 Å². The van der Waals surface area contributed by atoms with Crippen molar-refractivity contribution in [3.63, 3.8) is 0 Å². The van der Waals surface area contributed by atoms with Gasteiger partial charge in [-0.3, -0.25) is 9.59 Å². The Labute approximate surface area is 99.6 Å². The van der Waals surface area contributed by atoms with Crippen molar-refractivity contribution in [2.75, 3.05) is 13.1 Å². The predicted octanol–water partition coefficient (Wildman–Crippen LogP) is 0.184. The highest BCUT2D eigenvalue weighted by atomic mass is 16.2. The first-order valence-electron chi connectivity index (χ1n) is 5.80. The monoisotopic (exact) mass is 235 g/mol. The molecule has 1 aromatic heterocycles. The molecule has 0 bridgehead atoms. The number of hydrogen-bond acceptors (Lipinski definition) is 3. The zero-order chi connectivity index (χ0) is 12.4. The third-order valence-corrected chi connectivity index (χ3v) is 3.00. The van der Waals surface area contributed by atoms with Gasteiger partial charge < -0.3 is 15.6 Å². The third kappa shape index (κ3) is 2.74. The molecule has 1 amide bonds. The average molecular weight is 235 g/mol. The molecule has 1 aromatic rings. The quantitative estimate of drug-likeness (QED) is 0.729. The number of likely N-dealkylation sites (tertiary alicyclic amines) is 1. The molecule has 2 heterocycles. The van der Waals surface area contributed by atoms with Crippen LogP contribution in [0.1, 0.15) is 23.7 Å². The van der Waals surface area contributed by atoms with E-state index in [1.807, 2.05) is 0 Å². The summed E-state index contributed by atoms with van der Waals surface area (Å²) in [5.74, 6) is 0.294. The average Bonchev–Trinajstić information content (AvgIpc) is 2.26. The number of nitrogens with one attached hydrogen (secondary N) is 1.